The Morgan fingerprint density at radius 1 is 1.12 bits per heavy atom. The van der Waals surface area contributed by atoms with E-state index in [1.807, 2.05) is 0 Å². The third-order valence-corrected chi connectivity index (χ3v) is 5.47. The number of halogens is 2. The Kier molecular flexibility index (Phi) is 8.62. The van der Waals surface area contributed by atoms with Crippen molar-refractivity contribution in [3.8, 4) is 22.8 Å². The first-order chi connectivity index (χ1) is 16.1. The molecule has 3 rings (SSSR count). The van der Waals surface area contributed by atoms with Crippen molar-refractivity contribution in [1.82, 2.24) is 0 Å². The first-order valence-electron chi connectivity index (χ1n) is 10.6. The van der Waals surface area contributed by atoms with Gasteiger partial charge >= 0.3 is 5.97 Å². The van der Waals surface area contributed by atoms with Crippen molar-refractivity contribution in [1.29, 1.82) is 0 Å². The van der Waals surface area contributed by atoms with Gasteiger partial charge in [0.2, 0.25) is 0 Å². The van der Waals surface area contributed by atoms with Crippen LogP contribution in [0.5, 0.6) is 11.5 Å². The van der Waals surface area contributed by atoms with Gasteiger partial charge in [-0.05, 0) is 61.0 Å². The summed E-state index contributed by atoms with van der Waals surface area (Å²) in [4.78, 5) is 24.3. The summed E-state index contributed by atoms with van der Waals surface area (Å²) in [6.45, 7) is 5.97. The van der Waals surface area contributed by atoms with Crippen molar-refractivity contribution in [2.24, 2.45) is 0 Å². The highest BCUT2D eigenvalue weighted by Crippen LogP contribution is 2.39. The zero-order valence-corrected chi connectivity index (χ0v) is 21.7. The molecule has 1 heterocycles. The van der Waals surface area contributed by atoms with Crippen LogP contribution in [0.1, 0.15) is 27.2 Å². The molecule has 0 aliphatic heterocycles. The molecule has 182 valence electrons. The maximum absolute atomic E-state index is 12.6. The van der Waals surface area contributed by atoms with Crippen LogP contribution >= 0.6 is 27.5 Å². The molecule has 0 fully saturated rings. The number of hydrogen-bond donors (Lipinski definition) is 0. The Morgan fingerprint density at radius 2 is 1.88 bits per heavy atom. The molecule has 3 aromatic rings. The van der Waals surface area contributed by atoms with E-state index < -0.39 is 11.6 Å². The van der Waals surface area contributed by atoms with Crippen LogP contribution in [0.4, 0.5) is 0 Å². The summed E-state index contributed by atoms with van der Waals surface area (Å²) in [6.07, 6.45) is 0.553. The normalized spacial score (nSPS) is 11.5. The van der Waals surface area contributed by atoms with Gasteiger partial charge < -0.3 is 23.4 Å². The van der Waals surface area contributed by atoms with Gasteiger partial charge in [0, 0.05) is 12.5 Å². The molecule has 0 saturated heterocycles. The smallest absolute Gasteiger partial charge is 0.332 e. The van der Waals surface area contributed by atoms with Crippen LogP contribution in [0.15, 0.2) is 50.1 Å². The van der Waals surface area contributed by atoms with Gasteiger partial charge in [-0.15, -0.1) is 0 Å². The first-order valence-corrected chi connectivity index (χ1v) is 11.8. The standard InChI is InChI=1S/C25H26BrClO7/c1-25(2,3)34-23(29)14-31-9-6-10-32-22-11-16(20(30-4)12-17(22)26)21-13-19(28)15-7-5-8-18(27)24(15)33-21/h5,7-8,11-13H,6,9-10,14H2,1-4H3. The lowest BCUT2D eigenvalue weighted by atomic mass is 10.1. The number of carbonyl (C=O) groups excluding carboxylic acids is 1. The molecule has 2 aromatic carbocycles. The monoisotopic (exact) mass is 552 g/mol. The Labute approximate surface area is 211 Å². The molecule has 34 heavy (non-hydrogen) atoms. The van der Waals surface area contributed by atoms with Gasteiger partial charge in [0.05, 0.1) is 40.8 Å². The van der Waals surface area contributed by atoms with Gasteiger partial charge in [0.25, 0.3) is 0 Å². The van der Waals surface area contributed by atoms with Gasteiger partial charge in [-0.1, -0.05) is 17.7 Å². The number of benzene rings is 2. The van der Waals surface area contributed by atoms with Crippen molar-refractivity contribution in [2.45, 2.75) is 32.8 Å². The fourth-order valence-electron chi connectivity index (χ4n) is 3.15. The third-order valence-electron chi connectivity index (χ3n) is 4.56. The summed E-state index contributed by atoms with van der Waals surface area (Å²) in [5, 5.41) is 0.741. The molecule has 0 atom stereocenters. The van der Waals surface area contributed by atoms with Crippen molar-refractivity contribution in [3.05, 3.63) is 56.1 Å². The summed E-state index contributed by atoms with van der Waals surface area (Å²) in [7, 11) is 1.53. The number of ether oxygens (including phenoxy) is 4. The van der Waals surface area contributed by atoms with E-state index in [-0.39, 0.29) is 12.0 Å². The molecular weight excluding hydrogens is 528 g/mol. The Morgan fingerprint density at radius 3 is 2.59 bits per heavy atom. The SMILES string of the molecule is COc1cc(Br)c(OCCCOCC(=O)OC(C)(C)C)cc1-c1cc(=O)c2cccc(Cl)c2o1. The first kappa shape index (κ1) is 26.1. The predicted octanol–water partition coefficient (Wildman–Crippen LogP) is 6.01. The average molecular weight is 554 g/mol. The largest absolute Gasteiger partial charge is 0.496 e. The molecule has 0 amide bonds. The van der Waals surface area contributed by atoms with Crippen LogP contribution < -0.4 is 14.9 Å². The van der Waals surface area contributed by atoms with Crippen molar-refractivity contribution >= 4 is 44.5 Å². The molecule has 0 unspecified atom stereocenters. The van der Waals surface area contributed by atoms with Gasteiger partial charge in [0.15, 0.2) is 11.0 Å². The molecule has 0 saturated carbocycles. The summed E-state index contributed by atoms with van der Waals surface area (Å²) < 4.78 is 28.6. The minimum Gasteiger partial charge on any atom is -0.496 e. The molecule has 0 N–H and O–H groups in total. The lowest BCUT2D eigenvalue weighted by Gasteiger charge is -2.19. The van der Waals surface area contributed by atoms with Crippen LogP contribution in [-0.2, 0) is 14.3 Å². The maximum atomic E-state index is 12.6. The van der Waals surface area contributed by atoms with E-state index in [0.29, 0.717) is 62.9 Å². The highest BCUT2D eigenvalue weighted by Gasteiger charge is 2.18. The van der Waals surface area contributed by atoms with Crippen LogP contribution in [0.25, 0.3) is 22.3 Å². The van der Waals surface area contributed by atoms with Gasteiger partial charge in [0.1, 0.15) is 29.5 Å². The number of para-hydroxylation sites is 1. The lowest BCUT2D eigenvalue weighted by molar-refractivity contribution is -0.160. The van der Waals surface area contributed by atoms with Gasteiger partial charge in [-0.25, -0.2) is 4.79 Å². The lowest BCUT2D eigenvalue weighted by Crippen LogP contribution is -2.26. The number of hydrogen-bond acceptors (Lipinski definition) is 7. The Bertz CT molecular complexity index is 1230. The molecule has 9 heteroatoms. The molecule has 0 radical (unpaired) electrons. The second kappa shape index (κ2) is 11.3. The van der Waals surface area contributed by atoms with E-state index in [9.17, 15) is 9.59 Å². The molecular formula is C25H26BrClO7. The predicted molar refractivity (Wildman–Crippen MR) is 134 cm³/mol. The zero-order valence-electron chi connectivity index (χ0n) is 19.4. The third kappa shape index (κ3) is 6.74. The molecule has 0 spiro atoms. The highest BCUT2D eigenvalue weighted by atomic mass is 79.9. The molecule has 7 nitrogen and oxygen atoms in total. The summed E-state index contributed by atoms with van der Waals surface area (Å²) in [5.74, 6) is 0.924. The molecule has 0 aliphatic rings. The van der Waals surface area contributed by atoms with E-state index >= 15 is 0 Å². The summed E-state index contributed by atoms with van der Waals surface area (Å²) in [6, 6.07) is 9.89. The fraction of sp³-hybridized carbons (Fsp3) is 0.360. The number of rotatable bonds is 9. The van der Waals surface area contributed by atoms with Crippen molar-refractivity contribution in [3.63, 3.8) is 0 Å². The Balaban J connectivity index is 1.71. The summed E-state index contributed by atoms with van der Waals surface area (Å²) >= 11 is 9.72. The number of esters is 1. The van der Waals surface area contributed by atoms with Gasteiger partial charge in [-0.2, -0.15) is 0 Å². The van der Waals surface area contributed by atoms with Crippen LogP contribution in [0, 0.1) is 0 Å². The summed E-state index contributed by atoms with van der Waals surface area (Å²) in [5.41, 5.74) is 0.0904. The van der Waals surface area contributed by atoms with E-state index in [1.54, 1.807) is 51.1 Å². The zero-order chi connectivity index (χ0) is 24.9. The quantitative estimate of drug-likeness (QED) is 0.237. The second-order valence-corrected chi connectivity index (χ2v) is 9.68. The topological polar surface area (TPSA) is 84.2 Å². The Hall–Kier alpha value is -2.55. The van der Waals surface area contributed by atoms with E-state index in [1.165, 1.54) is 13.2 Å². The number of carbonyl (C=O) groups is 1. The minimum absolute atomic E-state index is 0.114. The van der Waals surface area contributed by atoms with E-state index in [0.717, 1.165) is 0 Å². The van der Waals surface area contributed by atoms with E-state index in [4.69, 9.17) is 35.0 Å². The van der Waals surface area contributed by atoms with Crippen molar-refractivity contribution in [2.75, 3.05) is 26.9 Å². The average Bonchev–Trinajstić information content (AvgIpc) is 2.76. The molecule has 0 bridgehead atoms. The van der Waals surface area contributed by atoms with Gasteiger partial charge in [-0.3, -0.25) is 4.79 Å². The number of fused-ring (bicyclic) bond motifs is 1. The van der Waals surface area contributed by atoms with Crippen molar-refractivity contribution < 1.29 is 28.2 Å². The number of methoxy groups -OCH3 is 1. The van der Waals surface area contributed by atoms with Crippen LogP contribution in [0.2, 0.25) is 5.02 Å². The minimum atomic E-state index is -0.544. The maximum Gasteiger partial charge on any atom is 0.332 e. The van der Waals surface area contributed by atoms with Crippen LogP contribution in [-0.4, -0.2) is 38.5 Å². The fourth-order valence-corrected chi connectivity index (χ4v) is 3.80. The van der Waals surface area contributed by atoms with E-state index in [2.05, 4.69) is 15.9 Å². The molecule has 1 aromatic heterocycles. The van der Waals surface area contributed by atoms with Crippen LogP contribution in [0.3, 0.4) is 0 Å². The second-order valence-electron chi connectivity index (χ2n) is 8.42. The molecule has 0 aliphatic carbocycles. The highest BCUT2D eigenvalue weighted by molar-refractivity contribution is 9.10.